The van der Waals surface area contributed by atoms with Crippen molar-refractivity contribution in [1.82, 2.24) is 0 Å². The molecule has 0 spiro atoms. The summed E-state index contributed by atoms with van der Waals surface area (Å²) in [5.74, 6) is 2.68. The van der Waals surface area contributed by atoms with E-state index in [1.54, 1.807) is 5.31 Å². The predicted octanol–water partition coefficient (Wildman–Crippen LogP) is 4.68. The minimum atomic E-state index is -1.10. The molecule has 126 valence electrons. The second kappa shape index (κ2) is 5.25. The predicted molar refractivity (Wildman–Crippen MR) is 96.2 cm³/mol. The molecule has 0 amide bonds. The van der Waals surface area contributed by atoms with Crippen LogP contribution in [0, 0.1) is 23.2 Å². The van der Waals surface area contributed by atoms with Crippen LogP contribution in [0.4, 0.5) is 0 Å². The molecule has 2 nitrogen and oxygen atoms in total. The van der Waals surface area contributed by atoms with Crippen LogP contribution < -0.4 is 0 Å². The topological polar surface area (TPSA) is 34.1 Å². The van der Waals surface area contributed by atoms with Crippen molar-refractivity contribution in [3.63, 3.8) is 0 Å². The average molecular weight is 333 g/mol. The molecule has 0 radical (unpaired) electrons. The molecule has 2 aliphatic carbocycles. The molecule has 23 heavy (non-hydrogen) atoms. The van der Waals surface area contributed by atoms with E-state index in [-0.39, 0.29) is 5.41 Å². The Morgan fingerprint density at radius 2 is 2.00 bits per heavy atom. The lowest BCUT2D eigenvalue weighted by Gasteiger charge is -2.53. The number of hydrogen-bond acceptors (Lipinski definition) is 2. The van der Waals surface area contributed by atoms with Crippen LogP contribution in [0.1, 0.15) is 58.8 Å². The SMILES string of the molecule is CC(=O)[C@H]1CCC2[C@@H]3CCC4=CC(=O)CC[P+]4(C)C3CC[C@@]21C. The highest BCUT2D eigenvalue weighted by atomic mass is 31.2. The number of carbonyl (C=O) groups excluding carboxylic acids is 2. The monoisotopic (exact) mass is 333 g/mol. The van der Waals surface area contributed by atoms with Gasteiger partial charge in [-0.1, -0.05) is 6.92 Å². The zero-order chi connectivity index (χ0) is 16.4. The highest BCUT2D eigenvalue weighted by Crippen LogP contribution is 2.78. The van der Waals surface area contributed by atoms with Gasteiger partial charge in [0.2, 0.25) is 0 Å². The van der Waals surface area contributed by atoms with Crippen LogP contribution in [0.25, 0.3) is 0 Å². The molecule has 4 rings (SSSR count). The largest absolute Gasteiger partial charge is 0.300 e. The molecule has 3 unspecified atom stereocenters. The number of hydrogen-bond donors (Lipinski definition) is 0. The van der Waals surface area contributed by atoms with Gasteiger partial charge in [-0.15, -0.1) is 0 Å². The van der Waals surface area contributed by atoms with Gasteiger partial charge in [-0.2, -0.15) is 0 Å². The van der Waals surface area contributed by atoms with Crippen molar-refractivity contribution in [3.05, 3.63) is 11.4 Å². The summed E-state index contributed by atoms with van der Waals surface area (Å²) in [6, 6.07) is 0. The molecular weight excluding hydrogens is 303 g/mol. The van der Waals surface area contributed by atoms with Crippen LogP contribution in [-0.2, 0) is 9.59 Å². The van der Waals surface area contributed by atoms with Crippen LogP contribution in [0.5, 0.6) is 0 Å². The Morgan fingerprint density at radius 1 is 1.22 bits per heavy atom. The van der Waals surface area contributed by atoms with Gasteiger partial charge in [0.25, 0.3) is 0 Å². The number of ketones is 2. The Bertz CT molecular complexity index is 594. The molecule has 0 N–H and O–H groups in total. The van der Waals surface area contributed by atoms with Crippen molar-refractivity contribution in [2.75, 3.05) is 12.8 Å². The van der Waals surface area contributed by atoms with Gasteiger partial charge in [0.1, 0.15) is 5.78 Å². The second-order valence-electron chi connectivity index (χ2n) is 9.00. The standard InChI is InChI=1S/C20H30O2P/c1-13(21)17-6-7-18-16-5-4-15-12-14(22)9-11-23(15,3)19(16)8-10-20(17,18)2/h12,16-19H,4-11H2,1-3H3/q+1/t16-,17+,18?,19?,20+,23?/m0/s1. The number of allylic oxidation sites excluding steroid dienone is 2. The Balaban J connectivity index is 1.67. The van der Waals surface area contributed by atoms with E-state index in [4.69, 9.17) is 0 Å². The lowest BCUT2D eigenvalue weighted by Crippen LogP contribution is -2.48. The van der Waals surface area contributed by atoms with Gasteiger partial charge < -0.3 is 0 Å². The molecule has 2 saturated carbocycles. The van der Waals surface area contributed by atoms with Gasteiger partial charge in [0.15, 0.2) is 5.78 Å². The van der Waals surface area contributed by atoms with Crippen LogP contribution in [0.3, 0.4) is 0 Å². The van der Waals surface area contributed by atoms with E-state index in [0.717, 1.165) is 36.8 Å². The fourth-order valence-corrected chi connectivity index (χ4v) is 11.7. The molecule has 2 aliphatic heterocycles. The first kappa shape index (κ1) is 16.0. The van der Waals surface area contributed by atoms with Gasteiger partial charge in [0.05, 0.1) is 23.8 Å². The minimum Gasteiger partial charge on any atom is -0.300 e. The maximum atomic E-state index is 12.2. The highest BCUT2D eigenvalue weighted by Gasteiger charge is 2.62. The van der Waals surface area contributed by atoms with Crippen molar-refractivity contribution in [3.8, 4) is 0 Å². The quantitative estimate of drug-likeness (QED) is 0.653. The summed E-state index contributed by atoms with van der Waals surface area (Å²) in [6.45, 7) is 6.78. The average Bonchev–Trinajstić information content (AvgIpc) is 2.85. The zero-order valence-corrected chi connectivity index (χ0v) is 15.7. The third-order valence-electron chi connectivity index (χ3n) is 8.16. The van der Waals surface area contributed by atoms with Gasteiger partial charge in [0, 0.05) is 32.1 Å². The summed E-state index contributed by atoms with van der Waals surface area (Å²) in [5.41, 5.74) is 1.11. The Morgan fingerprint density at radius 3 is 2.74 bits per heavy atom. The molecule has 6 atom stereocenters. The first-order chi connectivity index (χ1) is 10.9. The van der Waals surface area contributed by atoms with Gasteiger partial charge in [-0.25, -0.2) is 0 Å². The third kappa shape index (κ3) is 2.16. The van der Waals surface area contributed by atoms with E-state index in [0.29, 0.717) is 17.5 Å². The molecule has 2 heterocycles. The van der Waals surface area contributed by atoms with Gasteiger partial charge in [-0.3, -0.25) is 9.59 Å². The van der Waals surface area contributed by atoms with Crippen molar-refractivity contribution >= 4 is 18.8 Å². The lowest BCUT2D eigenvalue weighted by atomic mass is 9.59. The van der Waals surface area contributed by atoms with E-state index in [1.165, 1.54) is 31.8 Å². The van der Waals surface area contributed by atoms with Gasteiger partial charge >= 0.3 is 0 Å². The Labute approximate surface area is 140 Å². The van der Waals surface area contributed by atoms with E-state index >= 15 is 0 Å². The Kier molecular flexibility index (Phi) is 3.65. The first-order valence-corrected chi connectivity index (χ1v) is 11.9. The molecule has 3 fully saturated rings. The molecule has 1 saturated heterocycles. The van der Waals surface area contributed by atoms with E-state index in [2.05, 4.69) is 13.6 Å². The fourth-order valence-electron chi connectivity index (χ4n) is 6.95. The summed E-state index contributed by atoms with van der Waals surface area (Å²) < 4.78 is 0. The van der Waals surface area contributed by atoms with Gasteiger partial charge in [-0.05, 0) is 56.3 Å². The van der Waals surface area contributed by atoms with Crippen LogP contribution in [0.15, 0.2) is 11.4 Å². The van der Waals surface area contributed by atoms with Crippen molar-refractivity contribution in [2.24, 2.45) is 23.2 Å². The summed E-state index contributed by atoms with van der Waals surface area (Å²) in [5, 5.41) is 1.56. The highest BCUT2D eigenvalue weighted by molar-refractivity contribution is 7.80. The molecule has 0 aromatic carbocycles. The molecule has 4 aliphatic rings. The van der Waals surface area contributed by atoms with E-state index in [9.17, 15) is 9.59 Å². The fraction of sp³-hybridized carbons (Fsp3) is 0.800. The minimum absolute atomic E-state index is 0.263. The molecule has 0 aromatic rings. The summed E-state index contributed by atoms with van der Waals surface area (Å²) in [4.78, 5) is 24.0. The van der Waals surface area contributed by atoms with Crippen LogP contribution in [0.2, 0.25) is 0 Å². The Hall–Kier alpha value is -0.490. The number of rotatable bonds is 1. The van der Waals surface area contributed by atoms with Crippen molar-refractivity contribution in [1.29, 1.82) is 0 Å². The number of carbonyl (C=O) groups is 2. The number of Topliss-reactive ketones (excluding diaryl/α,β-unsaturated/α-hetero) is 1. The normalized spacial score (nSPS) is 49.0. The van der Waals surface area contributed by atoms with E-state index < -0.39 is 7.26 Å². The summed E-state index contributed by atoms with van der Waals surface area (Å²) in [6.07, 6.45) is 11.3. The van der Waals surface area contributed by atoms with Crippen LogP contribution >= 0.6 is 7.26 Å². The zero-order valence-electron chi connectivity index (χ0n) is 14.8. The molecule has 0 bridgehead atoms. The number of fused-ring (bicyclic) bond motifs is 5. The molecule has 0 aromatic heterocycles. The summed E-state index contributed by atoms with van der Waals surface area (Å²) >= 11 is 0. The van der Waals surface area contributed by atoms with Crippen LogP contribution in [-0.4, -0.2) is 30.1 Å². The molecular formula is C20H30O2P+. The maximum Gasteiger partial charge on any atom is 0.162 e. The van der Waals surface area contributed by atoms with Crippen molar-refractivity contribution in [2.45, 2.75) is 64.5 Å². The van der Waals surface area contributed by atoms with Crippen molar-refractivity contribution < 1.29 is 9.59 Å². The van der Waals surface area contributed by atoms with E-state index in [1.807, 2.05) is 13.0 Å². The first-order valence-electron chi connectivity index (χ1n) is 9.46. The summed E-state index contributed by atoms with van der Waals surface area (Å²) in [7, 11) is -1.10. The lowest BCUT2D eigenvalue weighted by molar-refractivity contribution is -0.125. The third-order valence-corrected chi connectivity index (χ3v) is 13.1. The second-order valence-corrected chi connectivity index (χ2v) is 13.2. The molecule has 3 heteroatoms. The maximum absolute atomic E-state index is 12.2. The smallest absolute Gasteiger partial charge is 0.162 e.